The molecular formula is C19H20N4O2. The maximum atomic E-state index is 12.2. The lowest BCUT2D eigenvalue weighted by atomic mass is 10.1. The van der Waals surface area contributed by atoms with Crippen molar-refractivity contribution in [3.05, 3.63) is 78.0 Å². The molecule has 1 N–H and O–H groups in total. The highest BCUT2D eigenvalue weighted by Gasteiger charge is 2.07. The second kappa shape index (κ2) is 8.10. The molecule has 128 valence electrons. The van der Waals surface area contributed by atoms with Crippen molar-refractivity contribution in [2.24, 2.45) is 0 Å². The number of amides is 1. The van der Waals surface area contributed by atoms with Gasteiger partial charge in [-0.3, -0.25) is 4.79 Å². The lowest BCUT2D eigenvalue weighted by Gasteiger charge is -2.08. The molecule has 1 aromatic carbocycles. The minimum absolute atomic E-state index is 0.157. The Morgan fingerprint density at radius 2 is 2.12 bits per heavy atom. The van der Waals surface area contributed by atoms with Crippen molar-refractivity contribution >= 4 is 5.91 Å². The maximum absolute atomic E-state index is 12.2. The first-order chi connectivity index (χ1) is 12.2. The number of benzene rings is 1. The molecule has 3 rings (SSSR count). The van der Waals surface area contributed by atoms with Gasteiger partial charge in [0, 0.05) is 37.7 Å². The fourth-order valence-corrected chi connectivity index (χ4v) is 2.46. The monoisotopic (exact) mass is 336 g/mol. The molecule has 25 heavy (non-hydrogen) atoms. The molecule has 2 aromatic heterocycles. The second-order valence-corrected chi connectivity index (χ2v) is 5.56. The summed E-state index contributed by atoms with van der Waals surface area (Å²) >= 11 is 0. The Balaban J connectivity index is 1.58. The lowest BCUT2D eigenvalue weighted by Crippen LogP contribution is -2.23. The number of rotatable bonds is 7. The molecule has 0 saturated heterocycles. The Morgan fingerprint density at radius 1 is 1.24 bits per heavy atom. The van der Waals surface area contributed by atoms with E-state index in [-0.39, 0.29) is 5.91 Å². The zero-order valence-corrected chi connectivity index (χ0v) is 14.1. The summed E-state index contributed by atoms with van der Waals surface area (Å²) in [6.45, 7) is 3.66. The van der Waals surface area contributed by atoms with E-state index in [9.17, 15) is 4.79 Å². The highest BCUT2D eigenvalue weighted by atomic mass is 16.5. The van der Waals surface area contributed by atoms with Gasteiger partial charge in [-0.05, 0) is 24.1 Å². The van der Waals surface area contributed by atoms with Gasteiger partial charge in [-0.2, -0.15) is 0 Å². The molecule has 0 unspecified atom stereocenters. The van der Waals surface area contributed by atoms with Gasteiger partial charge in [-0.25, -0.2) is 9.97 Å². The number of nitrogens with zero attached hydrogens (tertiary/aromatic N) is 3. The van der Waals surface area contributed by atoms with Gasteiger partial charge in [-0.15, -0.1) is 0 Å². The van der Waals surface area contributed by atoms with Crippen molar-refractivity contribution in [3.8, 4) is 5.88 Å². The topological polar surface area (TPSA) is 69.0 Å². The van der Waals surface area contributed by atoms with Gasteiger partial charge >= 0.3 is 0 Å². The van der Waals surface area contributed by atoms with Gasteiger partial charge in [0.15, 0.2) is 0 Å². The van der Waals surface area contributed by atoms with E-state index in [0.29, 0.717) is 24.6 Å². The van der Waals surface area contributed by atoms with Crippen LogP contribution in [-0.4, -0.2) is 27.0 Å². The van der Waals surface area contributed by atoms with E-state index in [1.165, 1.54) is 6.20 Å². The number of nitrogens with one attached hydrogen (secondary N) is 1. The maximum Gasteiger partial charge on any atom is 0.253 e. The van der Waals surface area contributed by atoms with Crippen molar-refractivity contribution in [1.82, 2.24) is 19.9 Å². The average Bonchev–Trinajstić information content (AvgIpc) is 3.14. The summed E-state index contributed by atoms with van der Waals surface area (Å²) in [5, 5.41) is 2.91. The van der Waals surface area contributed by atoms with Gasteiger partial charge in [0.1, 0.15) is 0 Å². The Kier molecular flexibility index (Phi) is 5.41. The third kappa shape index (κ3) is 4.67. The number of ether oxygens (including phenoxy) is 1. The van der Waals surface area contributed by atoms with Crippen LogP contribution in [-0.2, 0) is 13.1 Å². The smallest absolute Gasteiger partial charge is 0.253 e. The van der Waals surface area contributed by atoms with Crippen LogP contribution in [0.15, 0.2) is 61.3 Å². The normalized spacial score (nSPS) is 10.4. The molecule has 6 heteroatoms. The molecule has 0 bridgehead atoms. The molecule has 0 saturated carbocycles. The Hall–Kier alpha value is -3.15. The molecule has 0 fully saturated rings. The summed E-state index contributed by atoms with van der Waals surface area (Å²) in [5.74, 6) is 0.363. The van der Waals surface area contributed by atoms with E-state index in [0.717, 1.165) is 17.7 Å². The van der Waals surface area contributed by atoms with Crippen LogP contribution >= 0.6 is 0 Å². The van der Waals surface area contributed by atoms with Crippen molar-refractivity contribution in [1.29, 1.82) is 0 Å². The van der Waals surface area contributed by atoms with Crippen molar-refractivity contribution < 1.29 is 9.53 Å². The zero-order chi connectivity index (χ0) is 17.5. The third-order valence-corrected chi connectivity index (χ3v) is 3.66. The van der Waals surface area contributed by atoms with E-state index in [1.807, 2.05) is 29.8 Å². The fourth-order valence-electron chi connectivity index (χ4n) is 2.46. The second-order valence-electron chi connectivity index (χ2n) is 5.56. The summed E-state index contributed by atoms with van der Waals surface area (Å²) in [6.07, 6.45) is 6.99. The summed E-state index contributed by atoms with van der Waals surface area (Å²) in [4.78, 5) is 20.4. The van der Waals surface area contributed by atoms with Gasteiger partial charge in [0.05, 0.1) is 18.5 Å². The number of carbonyl (C=O) groups excluding carboxylic acids is 1. The first-order valence-electron chi connectivity index (χ1n) is 8.15. The Morgan fingerprint density at radius 3 is 2.84 bits per heavy atom. The number of aromatic nitrogens is 3. The molecule has 0 spiro atoms. The van der Waals surface area contributed by atoms with E-state index < -0.39 is 0 Å². The van der Waals surface area contributed by atoms with Gasteiger partial charge in [-0.1, -0.05) is 24.3 Å². The molecule has 0 atom stereocenters. The molecule has 6 nitrogen and oxygen atoms in total. The van der Waals surface area contributed by atoms with E-state index >= 15 is 0 Å². The summed E-state index contributed by atoms with van der Waals surface area (Å²) < 4.78 is 7.28. The summed E-state index contributed by atoms with van der Waals surface area (Å²) in [7, 11) is 0. The molecule has 3 aromatic rings. The van der Waals surface area contributed by atoms with Crippen LogP contribution in [0.25, 0.3) is 0 Å². The number of carbonyl (C=O) groups is 1. The summed E-state index contributed by atoms with van der Waals surface area (Å²) in [6, 6.07) is 11.5. The predicted octanol–water partition coefficient (Wildman–Crippen LogP) is 2.66. The van der Waals surface area contributed by atoms with Crippen LogP contribution in [0.1, 0.15) is 28.4 Å². The van der Waals surface area contributed by atoms with Crippen molar-refractivity contribution in [2.75, 3.05) is 6.61 Å². The number of imidazole rings is 1. The molecule has 2 heterocycles. The predicted molar refractivity (Wildman–Crippen MR) is 94.3 cm³/mol. The minimum atomic E-state index is -0.157. The van der Waals surface area contributed by atoms with E-state index in [4.69, 9.17) is 4.74 Å². The van der Waals surface area contributed by atoms with Gasteiger partial charge < -0.3 is 14.6 Å². The standard InChI is InChI=1S/C19H20N4O2/c1-2-25-18-7-6-17(12-21-18)19(24)22-11-15-4-3-5-16(10-15)13-23-9-8-20-14-23/h3-10,12,14H,2,11,13H2,1H3,(H,22,24). The quantitative estimate of drug-likeness (QED) is 0.720. The number of hydrogen-bond acceptors (Lipinski definition) is 4. The fraction of sp³-hybridized carbons (Fsp3) is 0.211. The minimum Gasteiger partial charge on any atom is -0.478 e. The average molecular weight is 336 g/mol. The SMILES string of the molecule is CCOc1ccc(C(=O)NCc2cccc(Cn3ccnc3)c2)cn1. The highest BCUT2D eigenvalue weighted by molar-refractivity contribution is 5.93. The molecule has 0 aliphatic carbocycles. The number of pyridine rings is 1. The highest BCUT2D eigenvalue weighted by Crippen LogP contribution is 2.09. The van der Waals surface area contributed by atoms with Crippen LogP contribution in [0.3, 0.4) is 0 Å². The van der Waals surface area contributed by atoms with Gasteiger partial charge in [0.25, 0.3) is 5.91 Å². The first kappa shape index (κ1) is 16.7. The van der Waals surface area contributed by atoms with Crippen LogP contribution in [0, 0.1) is 0 Å². The number of hydrogen-bond donors (Lipinski definition) is 1. The molecule has 0 aliphatic rings. The molecule has 0 radical (unpaired) electrons. The van der Waals surface area contributed by atoms with Crippen LogP contribution in [0.4, 0.5) is 0 Å². The Bertz CT molecular complexity index is 814. The zero-order valence-electron chi connectivity index (χ0n) is 14.1. The molecule has 0 aliphatic heterocycles. The third-order valence-electron chi connectivity index (χ3n) is 3.66. The molecular weight excluding hydrogens is 316 g/mol. The van der Waals surface area contributed by atoms with Crippen molar-refractivity contribution in [3.63, 3.8) is 0 Å². The van der Waals surface area contributed by atoms with Crippen molar-refractivity contribution in [2.45, 2.75) is 20.0 Å². The first-order valence-corrected chi connectivity index (χ1v) is 8.15. The van der Waals surface area contributed by atoms with Gasteiger partial charge in [0.2, 0.25) is 5.88 Å². The summed E-state index contributed by atoms with van der Waals surface area (Å²) in [5.41, 5.74) is 2.72. The molecule has 1 amide bonds. The van der Waals surface area contributed by atoms with Crippen LogP contribution < -0.4 is 10.1 Å². The lowest BCUT2D eigenvalue weighted by molar-refractivity contribution is 0.0950. The van der Waals surface area contributed by atoms with Crippen LogP contribution in [0.2, 0.25) is 0 Å². The van der Waals surface area contributed by atoms with Crippen LogP contribution in [0.5, 0.6) is 5.88 Å². The largest absolute Gasteiger partial charge is 0.478 e. The Labute approximate surface area is 146 Å². The van der Waals surface area contributed by atoms with E-state index in [1.54, 1.807) is 24.7 Å². The van der Waals surface area contributed by atoms with E-state index in [2.05, 4.69) is 27.4 Å².